The minimum Gasteiger partial charge on any atom is -0.311 e. The van der Waals surface area contributed by atoms with Gasteiger partial charge in [-0.1, -0.05) is 29.3 Å². The van der Waals surface area contributed by atoms with Gasteiger partial charge in [0.2, 0.25) is 5.91 Å². The van der Waals surface area contributed by atoms with E-state index in [1.54, 1.807) is 22.9 Å². The highest BCUT2D eigenvalue weighted by molar-refractivity contribution is 7.91. The van der Waals surface area contributed by atoms with E-state index in [9.17, 15) is 13.2 Å². The first-order valence-electron chi connectivity index (χ1n) is 8.30. The van der Waals surface area contributed by atoms with Crippen LogP contribution in [0.15, 0.2) is 18.2 Å². The van der Waals surface area contributed by atoms with Gasteiger partial charge in [-0.05, 0) is 31.0 Å². The summed E-state index contributed by atoms with van der Waals surface area (Å²) in [4.78, 5) is 12.4. The number of aryl methyl sites for hydroxylation is 1. The monoisotopic (exact) mass is 413 g/mol. The maximum Gasteiger partial charge on any atom is 0.226 e. The molecular formula is C17H17Cl2N3O3S. The third-order valence-electron chi connectivity index (χ3n) is 5.03. The Kier molecular flexibility index (Phi) is 4.28. The lowest BCUT2D eigenvalue weighted by Crippen LogP contribution is -2.26. The summed E-state index contributed by atoms with van der Waals surface area (Å²) in [6.07, 6.45) is 0.704. The maximum absolute atomic E-state index is 12.4. The van der Waals surface area contributed by atoms with Gasteiger partial charge in [-0.25, -0.2) is 13.1 Å². The molecule has 6 nitrogen and oxygen atoms in total. The van der Waals surface area contributed by atoms with Gasteiger partial charge in [0.25, 0.3) is 0 Å². The number of amides is 1. The largest absolute Gasteiger partial charge is 0.311 e. The Labute approximate surface area is 161 Å². The number of hydrogen-bond acceptors (Lipinski definition) is 4. The molecule has 0 unspecified atom stereocenters. The lowest BCUT2D eigenvalue weighted by molar-refractivity contribution is -0.116. The highest BCUT2D eigenvalue weighted by Crippen LogP contribution is 2.45. The van der Waals surface area contributed by atoms with Crippen molar-refractivity contribution < 1.29 is 13.2 Å². The van der Waals surface area contributed by atoms with Gasteiger partial charge in [0.05, 0.1) is 23.2 Å². The van der Waals surface area contributed by atoms with Gasteiger partial charge in [-0.3, -0.25) is 4.79 Å². The summed E-state index contributed by atoms with van der Waals surface area (Å²) in [5.41, 5.74) is 2.29. The molecule has 1 aromatic carbocycles. The zero-order chi connectivity index (χ0) is 18.6. The minimum atomic E-state index is -3.07. The van der Waals surface area contributed by atoms with Crippen LogP contribution in [0, 0.1) is 6.92 Å². The van der Waals surface area contributed by atoms with Crippen molar-refractivity contribution in [2.24, 2.45) is 0 Å². The topological polar surface area (TPSA) is 81.1 Å². The van der Waals surface area contributed by atoms with Crippen LogP contribution in [0.2, 0.25) is 10.0 Å². The second-order valence-electron chi connectivity index (χ2n) is 6.79. The molecule has 0 radical (unpaired) electrons. The summed E-state index contributed by atoms with van der Waals surface area (Å²) in [5, 5.41) is 8.43. The average molecular weight is 414 g/mol. The number of fused-ring (bicyclic) bond motifs is 1. The lowest BCUT2D eigenvalue weighted by atomic mass is 9.85. The number of carbonyl (C=O) groups excluding carboxylic acids is 1. The zero-order valence-electron chi connectivity index (χ0n) is 14.0. The van der Waals surface area contributed by atoms with Crippen molar-refractivity contribution in [1.29, 1.82) is 0 Å². The summed E-state index contributed by atoms with van der Waals surface area (Å²) in [6, 6.07) is 4.98. The summed E-state index contributed by atoms with van der Waals surface area (Å²) in [7, 11) is -3.07. The molecule has 1 N–H and O–H groups in total. The Morgan fingerprint density at radius 3 is 2.54 bits per heavy atom. The van der Waals surface area contributed by atoms with E-state index < -0.39 is 9.84 Å². The van der Waals surface area contributed by atoms with E-state index in [0.29, 0.717) is 27.8 Å². The van der Waals surface area contributed by atoms with E-state index in [1.807, 2.05) is 6.92 Å². The standard InChI is InChI=1S/C17H17Cl2N3O3S/c1-9-15-11(16-12(18)3-2-4-13(16)19)7-14(23)20-17(15)22(21-9)10-5-6-26(24,25)8-10/h2-4,10-11H,5-8H2,1H3,(H,20,23)/t10-,11+/m0/s1. The van der Waals surface area contributed by atoms with E-state index in [-0.39, 0.29) is 35.8 Å². The average Bonchev–Trinajstić information content (AvgIpc) is 3.06. The van der Waals surface area contributed by atoms with Crippen LogP contribution in [0.25, 0.3) is 0 Å². The molecule has 26 heavy (non-hydrogen) atoms. The van der Waals surface area contributed by atoms with Crippen LogP contribution in [0.5, 0.6) is 0 Å². The Morgan fingerprint density at radius 2 is 1.92 bits per heavy atom. The van der Waals surface area contributed by atoms with E-state index in [4.69, 9.17) is 23.2 Å². The van der Waals surface area contributed by atoms with Crippen LogP contribution >= 0.6 is 23.2 Å². The second kappa shape index (κ2) is 6.25. The number of hydrogen-bond donors (Lipinski definition) is 1. The number of carbonyl (C=O) groups is 1. The molecule has 2 aliphatic heterocycles. The van der Waals surface area contributed by atoms with E-state index in [1.165, 1.54) is 0 Å². The first-order valence-corrected chi connectivity index (χ1v) is 10.9. The predicted molar refractivity (Wildman–Crippen MR) is 101 cm³/mol. The van der Waals surface area contributed by atoms with Crippen LogP contribution in [-0.2, 0) is 14.6 Å². The first-order chi connectivity index (χ1) is 12.3. The molecule has 2 aromatic rings. The number of aromatic nitrogens is 2. The first kappa shape index (κ1) is 17.8. The van der Waals surface area contributed by atoms with Crippen molar-refractivity contribution in [2.45, 2.75) is 31.7 Å². The summed E-state index contributed by atoms with van der Waals surface area (Å²) >= 11 is 12.8. The maximum atomic E-state index is 12.4. The lowest BCUT2D eigenvalue weighted by Gasteiger charge is -2.26. The zero-order valence-corrected chi connectivity index (χ0v) is 16.3. The summed E-state index contributed by atoms with van der Waals surface area (Å²) in [5.74, 6) is 0.251. The predicted octanol–water partition coefficient (Wildman–Crippen LogP) is 3.33. The molecule has 138 valence electrons. The Balaban J connectivity index is 1.86. The molecule has 2 atom stereocenters. The Bertz CT molecular complexity index is 996. The summed E-state index contributed by atoms with van der Waals surface area (Å²) in [6.45, 7) is 1.86. The fourth-order valence-corrected chi connectivity index (χ4v) is 6.25. The number of nitrogens with one attached hydrogen (secondary N) is 1. The smallest absolute Gasteiger partial charge is 0.226 e. The van der Waals surface area contributed by atoms with Crippen molar-refractivity contribution in [3.05, 3.63) is 45.1 Å². The van der Waals surface area contributed by atoms with Crippen LogP contribution in [0.3, 0.4) is 0 Å². The number of nitrogens with zero attached hydrogens (tertiary/aromatic N) is 2. The molecule has 0 bridgehead atoms. The normalized spacial score (nSPS) is 24.3. The fraction of sp³-hybridized carbons (Fsp3) is 0.412. The van der Waals surface area contributed by atoms with Gasteiger partial charge in [0, 0.05) is 27.9 Å². The fourth-order valence-electron chi connectivity index (χ4n) is 3.90. The van der Waals surface area contributed by atoms with Gasteiger partial charge in [0.1, 0.15) is 5.82 Å². The van der Waals surface area contributed by atoms with E-state index >= 15 is 0 Å². The van der Waals surface area contributed by atoms with Gasteiger partial charge >= 0.3 is 0 Å². The highest BCUT2D eigenvalue weighted by atomic mass is 35.5. The molecule has 0 spiro atoms. The Morgan fingerprint density at radius 1 is 1.23 bits per heavy atom. The number of anilines is 1. The van der Waals surface area contributed by atoms with Crippen LogP contribution in [0.4, 0.5) is 5.82 Å². The van der Waals surface area contributed by atoms with E-state index in [2.05, 4.69) is 10.4 Å². The molecule has 9 heteroatoms. The van der Waals surface area contributed by atoms with Crippen LogP contribution < -0.4 is 5.32 Å². The van der Waals surface area contributed by atoms with Crippen LogP contribution in [0.1, 0.15) is 41.6 Å². The number of rotatable bonds is 2. The van der Waals surface area contributed by atoms with Crippen molar-refractivity contribution in [1.82, 2.24) is 9.78 Å². The Hall–Kier alpha value is -1.57. The molecule has 1 amide bonds. The number of sulfone groups is 1. The van der Waals surface area contributed by atoms with Gasteiger partial charge in [-0.15, -0.1) is 0 Å². The van der Waals surface area contributed by atoms with Crippen molar-refractivity contribution in [3.8, 4) is 0 Å². The third kappa shape index (κ3) is 2.92. The molecular weight excluding hydrogens is 397 g/mol. The molecule has 3 heterocycles. The van der Waals surface area contributed by atoms with E-state index in [0.717, 1.165) is 11.3 Å². The minimum absolute atomic E-state index is 0.0357. The quantitative estimate of drug-likeness (QED) is 0.818. The van der Waals surface area contributed by atoms with Gasteiger partial charge in [0.15, 0.2) is 9.84 Å². The number of halogens is 2. The molecule has 1 aromatic heterocycles. The molecule has 2 aliphatic rings. The SMILES string of the molecule is Cc1nn([C@H]2CCS(=O)(=O)C2)c2c1[C@H](c1c(Cl)cccc1Cl)CC(=O)N2. The van der Waals surface area contributed by atoms with Crippen molar-refractivity contribution in [3.63, 3.8) is 0 Å². The molecule has 0 aliphatic carbocycles. The second-order valence-corrected chi connectivity index (χ2v) is 9.83. The molecule has 1 saturated heterocycles. The van der Waals surface area contributed by atoms with Crippen LogP contribution in [-0.4, -0.2) is 35.6 Å². The summed E-state index contributed by atoms with van der Waals surface area (Å²) < 4.78 is 25.4. The van der Waals surface area contributed by atoms with Crippen molar-refractivity contribution in [2.75, 3.05) is 16.8 Å². The van der Waals surface area contributed by atoms with Gasteiger partial charge in [-0.2, -0.15) is 5.10 Å². The number of benzene rings is 1. The van der Waals surface area contributed by atoms with Gasteiger partial charge < -0.3 is 5.32 Å². The molecule has 4 rings (SSSR count). The molecule has 0 saturated carbocycles. The molecule has 1 fully saturated rings. The van der Waals surface area contributed by atoms with Crippen molar-refractivity contribution >= 4 is 44.8 Å². The third-order valence-corrected chi connectivity index (χ3v) is 7.44. The highest BCUT2D eigenvalue weighted by Gasteiger charge is 2.38.